The molecular formula is C15H19F3N2O4. The number of hydrogen-bond acceptors (Lipinski definition) is 4. The SMILES string of the molecule is CC(C)(C)OC(=O)Nc1cc(C(F)(F)F)ccc1C(CN)C(=O)O. The highest BCUT2D eigenvalue weighted by Crippen LogP contribution is 2.34. The molecule has 1 aromatic carbocycles. The van der Waals surface area contributed by atoms with Gasteiger partial charge in [-0.2, -0.15) is 13.2 Å². The van der Waals surface area contributed by atoms with Crippen LogP contribution in [-0.4, -0.2) is 29.3 Å². The summed E-state index contributed by atoms with van der Waals surface area (Å²) in [6.07, 6.45) is -5.64. The van der Waals surface area contributed by atoms with E-state index in [1.54, 1.807) is 20.8 Å². The van der Waals surface area contributed by atoms with E-state index in [0.29, 0.717) is 6.07 Å². The lowest BCUT2D eigenvalue weighted by Gasteiger charge is -2.22. The molecule has 0 aliphatic rings. The molecule has 134 valence electrons. The second-order valence-electron chi connectivity index (χ2n) is 6.05. The molecule has 9 heteroatoms. The molecule has 1 amide bonds. The molecule has 0 spiro atoms. The normalized spacial score (nSPS) is 13.3. The fourth-order valence-corrected chi connectivity index (χ4v) is 1.92. The molecule has 0 aliphatic carbocycles. The Morgan fingerprint density at radius 3 is 2.29 bits per heavy atom. The molecule has 0 saturated carbocycles. The fraction of sp³-hybridized carbons (Fsp3) is 0.467. The Bertz CT molecular complexity index is 624. The predicted molar refractivity (Wildman–Crippen MR) is 80.7 cm³/mol. The summed E-state index contributed by atoms with van der Waals surface area (Å²) in [6.45, 7) is 4.41. The van der Waals surface area contributed by atoms with Crippen molar-refractivity contribution in [2.24, 2.45) is 5.73 Å². The molecule has 0 aromatic heterocycles. The van der Waals surface area contributed by atoms with E-state index in [9.17, 15) is 22.8 Å². The highest BCUT2D eigenvalue weighted by molar-refractivity contribution is 5.88. The Balaban J connectivity index is 3.29. The number of rotatable bonds is 4. The van der Waals surface area contributed by atoms with Gasteiger partial charge in [0, 0.05) is 12.2 Å². The first-order valence-corrected chi connectivity index (χ1v) is 6.99. The van der Waals surface area contributed by atoms with E-state index < -0.39 is 35.3 Å². The molecule has 24 heavy (non-hydrogen) atoms. The summed E-state index contributed by atoms with van der Waals surface area (Å²) in [4.78, 5) is 23.1. The van der Waals surface area contributed by atoms with Crippen molar-refractivity contribution >= 4 is 17.7 Å². The number of anilines is 1. The number of hydrogen-bond donors (Lipinski definition) is 3. The van der Waals surface area contributed by atoms with Gasteiger partial charge in [0.15, 0.2) is 0 Å². The molecule has 0 saturated heterocycles. The number of carbonyl (C=O) groups is 2. The van der Waals surface area contributed by atoms with Crippen LogP contribution in [0.25, 0.3) is 0 Å². The average Bonchev–Trinajstić information content (AvgIpc) is 2.37. The number of halogens is 3. The minimum absolute atomic E-state index is 0.0381. The van der Waals surface area contributed by atoms with E-state index in [2.05, 4.69) is 5.32 Å². The van der Waals surface area contributed by atoms with Gasteiger partial charge in [0.25, 0.3) is 0 Å². The third-order valence-electron chi connectivity index (χ3n) is 2.93. The van der Waals surface area contributed by atoms with Crippen molar-refractivity contribution in [2.45, 2.75) is 38.5 Å². The van der Waals surface area contributed by atoms with Crippen LogP contribution < -0.4 is 11.1 Å². The van der Waals surface area contributed by atoms with Gasteiger partial charge in [-0.05, 0) is 38.5 Å². The van der Waals surface area contributed by atoms with Crippen LogP contribution in [0.4, 0.5) is 23.7 Å². The monoisotopic (exact) mass is 348 g/mol. The number of carboxylic acid groups (broad SMARTS) is 1. The van der Waals surface area contributed by atoms with E-state index in [1.807, 2.05) is 0 Å². The lowest BCUT2D eigenvalue weighted by Crippen LogP contribution is -2.29. The first-order valence-electron chi connectivity index (χ1n) is 6.99. The van der Waals surface area contributed by atoms with Crippen molar-refractivity contribution in [3.8, 4) is 0 Å². The highest BCUT2D eigenvalue weighted by Gasteiger charge is 2.33. The first kappa shape index (κ1) is 19.8. The molecule has 4 N–H and O–H groups in total. The zero-order valence-corrected chi connectivity index (χ0v) is 13.4. The van der Waals surface area contributed by atoms with E-state index in [1.165, 1.54) is 0 Å². The number of nitrogens with two attached hydrogens (primary N) is 1. The van der Waals surface area contributed by atoms with Crippen molar-refractivity contribution in [3.63, 3.8) is 0 Å². The average molecular weight is 348 g/mol. The maximum absolute atomic E-state index is 12.9. The number of ether oxygens (including phenoxy) is 1. The number of benzene rings is 1. The van der Waals surface area contributed by atoms with Crippen molar-refractivity contribution < 1.29 is 32.6 Å². The van der Waals surface area contributed by atoms with Crippen LogP contribution in [0.1, 0.15) is 37.8 Å². The van der Waals surface area contributed by atoms with Gasteiger partial charge in [0.1, 0.15) is 5.60 Å². The number of carboxylic acids is 1. The van der Waals surface area contributed by atoms with Crippen LogP contribution in [0.5, 0.6) is 0 Å². The summed E-state index contributed by atoms with van der Waals surface area (Å²) in [5, 5.41) is 11.3. The topological polar surface area (TPSA) is 102 Å². The summed E-state index contributed by atoms with van der Waals surface area (Å²) in [6, 6.07) is 2.38. The van der Waals surface area contributed by atoms with Gasteiger partial charge < -0.3 is 15.6 Å². The Kier molecular flexibility index (Phi) is 5.83. The maximum atomic E-state index is 12.9. The van der Waals surface area contributed by atoms with Gasteiger partial charge >= 0.3 is 18.2 Å². The third kappa shape index (κ3) is 5.41. The van der Waals surface area contributed by atoms with Crippen LogP contribution in [0.3, 0.4) is 0 Å². The lowest BCUT2D eigenvalue weighted by atomic mass is 9.95. The van der Waals surface area contributed by atoms with Gasteiger partial charge in [-0.25, -0.2) is 4.79 Å². The molecular weight excluding hydrogens is 329 g/mol. The molecule has 0 radical (unpaired) electrons. The number of nitrogens with one attached hydrogen (secondary N) is 1. The molecule has 1 rings (SSSR count). The second-order valence-corrected chi connectivity index (χ2v) is 6.05. The van der Waals surface area contributed by atoms with Crippen LogP contribution in [0.15, 0.2) is 18.2 Å². The lowest BCUT2D eigenvalue weighted by molar-refractivity contribution is -0.138. The number of amides is 1. The Morgan fingerprint density at radius 2 is 1.88 bits per heavy atom. The first-order chi connectivity index (χ1) is 10.8. The molecule has 1 unspecified atom stereocenters. The largest absolute Gasteiger partial charge is 0.481 e. The van der Waals surface area contributed by atoms with Crippen molar-refractivity contribution in [3.05, 3.63) is 29.3 Å². The Morgan fingerprint density at radius 1 is 1.29 bits per heavy atom. The molecule has 0 heterocycles. The molecule has 0 fully saturated rings. The molecule has 0 bridgehead atoms. The smallest absolute Gasteiger partial charge is 0.416 e. The van der Waals surface area contributed by atoms with Gasteiger partial charge in [0.05, 0.1) is 11.5 Å². The fourth-order valence-electron chi connectivity index (χ4n) is 1.92. The molecule has 1 aromatic rings. The zero-order chi connectivity index (χ0) is 18.7. The summed E-state index contributed by atoms with van der Waals surface area (Å²) in [7, 11) is 0. The van der Waals surface area contributed by atoms with Crippen molar-refractivity contribution in [1.82, 2.24) is 0 Å². The summed E-state index contributed by atoms with van der Waals surface area (Å²) < 4.78 is 43.6. The van der Waals surface area contributed by atoms with Gasteiger partial charge in [-0.1, -0.05) is 6.07 Å². The van der Waals surface area contributed by atoms with E-state index in [0.717, 1.165) is 12.1 Å². The van der Waals surface area contributed by atoms with Crippen LogP contribution in [-0.2, 0) is 15.7 Å². The molecule has 6 nitrogen and oxygen atoms in total. The molecule has 1 atom stereocenters. The van der Waals surface area contributed by atoms with Crippen molar-refractivity contribution in [2.75, 3.05) is 11.9 Å². The minimum atomic E-state index is -4.65. The van der Waals surface area contributed by atoms with Gasteiger partial charge in [-0.3, -0.25) is 10.1 Å². The van der Waals surface area contributed by atoms with Gasteiger partial charge in [-0.15, -0.1) is 0 Å². The number of aliphatic carboxylic acids is 1. The predicted octanol–water partition coefficient (Wildman–Crippen LogP) is 3.18. The van der Waals surface area contributed by atoms with Crippen molar-refractivity contribution in [1.29, 1.82) is 0 Å². The maximum Gasteiger partial charge on any atom is 0.416 e. The summed E-state index contributed by atoms with van der Waals surface area (Å²) in [5.41, 5.74) is 3.14. The van der Waals surface area contributed by atoms with E-state index in [4.69, 9.17) is 15.6 Å². The van der Waals surface area contributed by atoms with E-state index >= 15 is 0 Å². The number of alkyl halides is 3. The molecule has 0 aliphatic heterocycles. The number of carbonyl (C=O) groups excluding carboxylic acids is 1. The Labute approximate surface area is 136 Å². The van der Waals surface area contributed by atoms with E-state index in [-0.39, 0.29) is 17.8 Å². The van der Waals surface area contributed by atoms with Gasteiger partial charge in [0.2, 0.25) is 0 Å². The highest BCUT2D eigenvalue weighted by atomic mass is 19.4. The summed E-state index contributed by atoms with van der Waals surface area (Å²) in [5.74, 6) is -2.58. The van der Waals surface area contributed by atoms with Crippen LogP contribution in [0, 0.1) is 0 Å². The quantitative estimate of drug-likeness (QED) is 0.776. The minimum Gasteiger partial charge on any atom is -0.481 e. The van der Waals surface area contributed by atoms with Crippen LogP contribution >= 0.6 is 0 Å². The third-order valence-corrected chi connectivity index (χ3v) is 2.93. The Hall–Kier alpha value is -2.29. The summed E-state index contributed by atoms with van der Waals surface area (Å²) >= 11 is 0. The second kappa shape index (κ2) is 7.08. The standard InChI is InChI=1S/C15H19F3N2O4/c1-14(2,3)24-13(23)20-11-6-8(15(16,17)18)4-5-9(11)10(7-19)12(21)22/h4-6,10H,7,19H2,1-3H3,(H,20,23)(H,21,22). The van der Waals surface area contributed by atoms with Crippen LogP contribution in [0.2, 0.25) is 0 Å². The zero-order valence-electron chi connectivity index (χ0n) is 13.4.